The van der Waals surface area contributed by atoms with Crippen molar-refractivity contribution < 1.29 is 8.94 Å². The van der Waals surface area contributed by atoms with Crippen molar-refractivity contribution in [2.24, 2.45) is 0 Å². The zero-order chi connectivity index (χ0) is 13.2. The molecule has 98 valence electrons. The van der Waals surface area contributed by atoms with Crippen LogP contribution in [-0.2, 0) is 6.54 Å². The molecule has 0 aliphatic carbocycles. The summed E-state index contributed by atoms with van der Waals surface area (Å²) in [7, 11) is 0. The molecule has 5 heteroatoms. The van der Waals surface area contributed by atoms with E-state index in [1.807, 2.05) is 24.3 Å². The summed E-state index contributed by atoms with van der Waals surface area (Å²) in [6, 6.07) is 9.99. The van der Waals surface area contributed by atoms with Crippen LogP contribution in [0.3, 0.4) is 0 Å². The van der Waals surface area contributed by atoms with Gasteiger partial charge in [0, 0.05) is 15.9 Å². The van der Waals surface area contributed by atoms with Gasteiger partial charge in [0.05, 0.1) is 18.8 Å². The summed E-state index contributed by atoms with van der Waals surface area (Å²) in [4.78, 5) is 0. The van der Waals surface area contributed by atoms with Crippen molar-refractivity contribution in [3.05, 3.63) is 52.5 Å². The molecule has 3 rings (SSSR count). The smallest absolute Gasteiger partial charge is 0.150 e. The van der Waals surface area contributed by atoms with E-state index < -0.39 is 0 Å². The summed E-state index contributed by atoms with van der Waals surface area (Å²) in [5.41, 5.74) is 0.895. The van der Waals surface area contributed by atoms with Gasteiger partial charge in [-0.05, 0) is 31.2 Å². The van der Waals surface area contributed by atoms with Crippen LogP contribution in [0.25, 0.3) is 11.0 Å². The Hall–Kier alpha value is -1.59. The molecule has 3 aromatic rings. The van der Waals surface area contributed by atoms with Gasteiger partial charge in [0.25, 0.3) is 0 Å². The van der Waals surface area contributed by atoms with Crippen molar-refractivity contribution in [1.82, 2.24) is 10.5 Å². The number of hydrogen-bond acceptors (Lipinski definition) is 4. The molecular formula is C14H13BrN2O2. The second kappa shape index (κ2) is 5.19. The van der Waals surface area contributed by atoms with E-state index in [9.17, 15) is 0 Å². The first kappa shape index (κ1) is 12.4. The van der Waals surface area contributed by atoms with E-state index in [0.29, 0.717) is 6.54 Å². The van der Waals surface area contributed by atoms with Crippen molar-refractivity contribution in [2.45, 2.75) is 19.5 Å². The van der Waals surface area contributed by atoms with Crippen LogP contribution in [0.2, 0.25) is 0 Å². The van der Waals surface area contributed by atoms with Crippen molar-refractivity contribution in [3.8, 4) is 0 Å². The highest BCUT2D eigenvalue weighted by molar-refractivity contribution is 9.10. The van der Waals surface area contributed by atoms with E-state index in [1.54, 1.807) is 6.20 Å². The van der Waals surface area contributed by atoms with E-state index >= 15 is 0 Å². The number of benzene rings is 1. The van der Waals surface area contributed by atoms with Crippen molar-refractivity contribution >= 4 is 26.9 Å². The fourth-order valence-electron chi connectivity index (χ4n) is 1.94. The zero-order valence-corrected chi connectivity index (χ0v) is 12.0. The molecule has 0 radical (unpaired) electrons. The van der Waals surface area contributed by atoms with Gasteiger partial charge in [-0.2, -0.15) is 0 Å². The number of halogens is 1. The molecule has 0 aliphatic heterocycles. The lowest BCUT2D eigenvalue weighted by Crippen LogP contribution is -2.17. The van der Waals surface area contributed by atoms with E-state index in [1.165, 1.54) is 0 Å². The maximum Gasteiger partial charge on any atom is 0.150 e. The molecule has 0 saturated carbocycles. The van der Waals surface area contributed by atoms with Gasteiger partial charge >= 0.3 is 0 Å². The first-order chi connectivity index (χ1) is 9.22. The Morgan fingerprint density at radius 3 is 3.00 bits per heavy atom. The van der Waals surface area contributed by atoms with Gasteiger partial charge < -0.3 is 14.3 Å². The van der Waals surface area contributed by atoms with Gasteiger partial charge in [0.1, 0.15) is 17.1 Å². The van der Waals surface area contributed by atoms with Crippen LogP contribution in [0.4, 0.5) is 0 Å². The highest BCUT2D eigenvalue weighted by Crippen LogP contribution is 2.26. The van der Waals surface area contributed by atoms with Crippen LogP contribution in [0.5, 0.6) is 0 Å². The monoisotopic (exact) mass is 320 g/mol. The standard InChI is InChI=1S/C14H13BrN2O2/c1-9(16-8-12-4-5-17-19-12)14-7-10-6-11(15)2-3-13(10)18-14/h2-7,9,16H,8H2,1H3. The molecular weight excluding hydrogens is 308 g/mol. The SMILES string of the molecule is CC(NCc1ccno1)c1cc2cc(Br)ccc2o1. The topological polar surface area (TPSA) is 51.2 Å². The lowest BCUT2D eigenvalue weighted by molar-refractivity contribution is 0.358. The lowest BCUT2D eigenvalue weighted by atomic mass is 10.2. The molecule has 1 unspecified atom stereocenters. The van der Waals surface area contributed by atoms with E-state index in [0.717, 1.165) is 27.0 Å². The van der Waals surface area contributed by atoms with Gasteiger partial charge in [0.2, 0.25) is 0 Å². The summed E-state index contributed by atoms with van der Waals surface area (Å²) in [6.07, 6.45) is 1.64. The number of rotatable bonds is 4. The van der Waals surface area contributed by atoms with E-state index in [2.05, 4.69) is 39.4 Å². The van der Waals surface area contributed by atoms with Crippen LogP contribution in [0, 0.1) is 0 Å². The minimum absolute atomic E-state index is 0.108. The average Bonchev–Trinajstić information content (AvgIpc) is 3.04. The Bertz CT molecular complexity index is 676. The minimum atomic E-state index is 0.108. The molecule has 19 heavy (non-hydrogen) atoms. The normalized spacial score (nSPS) is 12.9. The average molecular weight is 321 g/mol. The van der Waals surface area contributed by atoms with Crippen LogP contribution in [0.15, 0.2) is 49.9 Å². The third kappa shape index (κ3) is 2.72. The number of aromatic nitrogens is 1. The molecule has 0 amide bonds. The highest BCUT2D eigenvalue weighted by atomic mass is 79.9. The van der Waals surface area contributed by atoms with Crippen LogP contribution in [-0.4, -0.2) is 5.16 Å². The maximum atomic E-state index is 5.83. The van der Waals surface area contributed by atoms with Gasteiger partial charge in [-0.1, -0.05) is 21.1 Å². The number of furan rings is 1. The molecule has 0 saturated heterocycles. The molecule has 1 aromatic carbocycles. The Labute approximate surface area is 118 Å². The Kier molecular flexibility index (Phi) is 3.40. The summed E-state index contributed by atoms with van der Waals surface area (Å²) < 4.78 is 11.9. The Morgan fingerprint density at radius 2 is 2.21 bits per heavy atom. The number of fused-ring (bicyclic) bond motifs is 1. The molecule has 0 fully saturated rings. The van der Waals surface area contributed by atoms with E-state index in [4.69, 9.17) is 8.94 Å². The number of nitrogens with zero attached hydrogens (tertiary/aromatic N) is 1. The molecule has 4 nitrogen and oxygen atoms in total. The largest absolute Gasteiger partial charge is 0.459 e. The minimum Gasteiger partial charge on any atom is -0.459 e. The summed E-state index contributed by atoms with van der Waals surface area (Å²) in [6.45, 7) is 2.69. The predicted molar refractivity (Wildman–Crippen MR) is 75.7 cm³/mol. The first-order valence-corrected chi connectivity index (χ1v) is 6.83. The van der Waals surface area contributed by atoms with Crippen LogP contribution in [0.1, 0.15) is 24.5 Å². The highest BCUT2D eigenvalue weighted by Gasteiger charge is 2.12. The second-order valence-electron chi connectivity index (χ2n) is 4.41. The van der Waals surface area contributed by atoms with Crippen molar-refractivity contribution in [2.75, 3.05) is 0 Å². The second-order valence-corrected chi connectivity index (χ2v) is 5.33. The zero-order valence-electron chi connectivity index (χ0n) is 10.4. The Morgan fingerprint density at radius 1 is 1.32 bits per heavy atom. The fraction of sp³-hybridized carbons (Fsp3) is 0.214. The van der Waals surface area contributed by atoms with Gasteiger partial charge in [0.15, 0.2) is 0 Å². The van der Waals surface area contributed by atoms with Crippen molar-refractivity contribution in [1.29, 1.82) is 0 Å². The third-order valence-electron chi connectivity index (χ3n) is 3.00. The molecule has 0 spiro atoms. The summed E-state index contributed by atoms with van der Waals surface area (Å²) in [5, 5.41) is 8.11. The lowest BCUT2D eigenvalue weighted by Gasteiger charge is -2.08. The first-order valence-electron chi connectivity index (χ1n) is 6.04. The molecule has 0 aliphatic rings. The fourth-order valence-corrected chi connectivity index (χ4v) is 2.31. The summed E-state index contributed by atoms with van der Waals surface area (Å²) in [5.74, 6) is 1.72. The van der Waals surface area contributed by atoms with Gasteiger partial charge in [-0.25, -0.2) is 0 Å². The number of nitrogens with one attached hydrogen (secondary N) is 1. The van der Waals surface area contributed by atoms with Gasteiger partial charge in [-0.15, -0.1) is 0 Å². The molecule has 1 atom stereocenters. The summed E-state index contributed by atoms with van der Waals surface area (Å²) >= 11 is 3.46. The van der Waals surface area contributed by atoms with Crippen LogP contribution >= 0.6 is 15.9 Å². The van der Waals surface area contributed by atoms with Crippen LogP contribution < -0.4 is 5.32 Å². The predicted octanol–water partition coefficient (Wildman–Crippen LogP) is 4.03. The molecule has 1 N–H and O–H groups in total. The third-order valence-corrected chi connectivity index (χ3v) is 3.49. The number of hydrogen-bond donors (Lipinski definition) is 1. The Balaban J connectivity index is 1.75. The quantitative estimate of drug-likeness (QED) is 0.788. The van der Waals surface area contributed by atoms with E-state index in [-0.39, 0.29) is 6.04 Å². The van der Waals surface area contributed by atoms with Gasteiger partial charge in [-0.3, -0.25) is 0 Å². The maximum absolute atomic E-state index is 5.83. The van der Waals surface area contributed by atoms with Crippen molar-refractivity contribution in [3.63, 3.8) is 0 Å². The molecule has 2 aromatic heterocycles. The molecule has 2 heterocycles. The molecule has 0 bridgehead atoms.